The van der Waals surface area contributed by atoms with Crippen LogP contribution in [0.4, 0.5) is 13.2 Å². The molecule has 0 heterocycles. The van der Waals surface area contributed by atoms with Gasteiger partial charge in [0.1, 0.15) is 11.5 Å². The Hall–Kier alpha value is -2.01. The van der Waals surface area contributed by atoms with Gasteiger partial charge in [0, 0.05) is 5.02 Å². The molecule has 20 heavy (non-hydrogen) atoms. The summed E-state index contributed by atoms with van der Waals surface area (Å²) >= 11 is 5.71. The van der Waals surface area contributed by atoms with E-state index in [1.165, 1.54) is 36.4 Å². The first-order valence-corrected chi connectivity index (χ1v) is 5.88. The van der Waals surface area contributed by atoms with Crippen molar-refractivity contribution in [3.05, 3.63) is 58.6 Å². The minimum Gasteiger partial charge on any atom is -0.456 e. The van der Waals surface area contributed by atoms with Gasteiger partial charge in [-0.2, -0.15) is 13.2 Å². The zero-order valence-corrected chi connectivity index (χ0v) is 10.7. The molecule has 0 atom stereocenters. The lowest BCUT2D eigenvalue weighted by Crippen LogP contribution is -2.07. The highest BCUT2D eigenvalue weighted by Gasteiger charge is 2.34. The van der Waals surface area contributed by atoms with E-state index in [0.717, 1.165) is 6.07 Å². The fourth-order valence-corrected chi connectivity index (χ4v) is 1.79. The normalized spacial score (nSPS) is 11.2. The third-order valence-electron chi connectivity index (χ3n) is 2.51. The standard InChI is InChI=1S/C14H8ClF3O2/c15-10-5-6-12(9(7-10)8-19)20-13-4-2-1-3-11(13)14(16,17)18/h1-8H. The van der Waals surface area contributed by atoms with E-state index < -0.39 is 11.7 Å². The number of halogens is 4. The Kier molecular flexibility index (Phi) is 3.99. The van der Waals surface area contributed by atoms with Crippen molar-refractivity contribution in [3.63, 3.8) is 0 Å². The molecule has 0 radical (unpaired) electrons. The van der Waals surface area contributed by atoms with E-state index in [1.54, 1.807) is 0 Å². The molecule has 0 N–H and O–H groups in total. The molecule has 2 rings (SSSR count). The fourth-order valence-electron chi connectivity index (χ4n) is 1.61. The molecule has 2 aromatic rings. The fraction of sp³-hybridized carbons (Fsp3) is 0.0714. The quantitative estimate of drug-likeness (QED) is 0.749. The van der Waals surface area contributed by atoms with E-state index in [4.69, 9.17) is 16.3 Å². The highest BCUT2D eigenvalue weighted by Crippen LogP contribution is 2.38. The molecule has 2 aromatic carbocycles. The average molecular weight is 301 g/mol. The van der Waals surface area contributed by atoms with Crippen molar-refractivity contribution in [1.29, 1.82) is 0 Å². The predicted molar refractivity (Wildman–Crippen MR) is 68.4 cm³/mol. The van der Waals surface area contributed by atoms with E-state index in [9.17, 15) is 18.0 Å². The number of hydrogen-bond acceptors (Lipinski definition) is 2. The van der Waals surface area contributed by atoms with Crippen LogP contribution in [0.3, 0.4) is 0 Å². The van der Waals surface area contributed by atoms with Crippen LogP contribution in [-0.2, 0) is 6.18 Å². The highest BCUT2D eigenvalue weighted by molar-refractivity contribution is 6.30. The third-order valence-corrected chi connectivity index (χ3v) is 2.75. The first kappa shape index (κ1) is 14.4. The molecular formula is C14H8ClF3O2. The molecule has 0 aliphatic carbocycles. The lowest BCUT2D eigenvalue weighted by Gasteiger charge is -2.14. The van der Waals surface area contributed by atoms with E-state index in [2.05, 4.69) is 0 Å². The zero-order chi connectivity index (χ0) is 14.8. The van der Waals surface area contributed by atoms with Gasteiger partial charge in [0.15, 0.2) is 6.29 Å². The van der Waals surface area contributed by atoms with Crippen LogP contribution in [0, 0.1) is 0 Å². The van der Waals surface area contributed by atoms with E-state index in [1.807, 2.05) is 0 Å². The van der Waals surface area contributed by atoms with Crippen LogP contribution in [0.1, 0.15) is 15.9 Å². The van der Waals surface area contributed by atoms with Gasteiger partial charge >= 0.3 is 6.18 Å². The summed E-state index contributed by atoms with van der Waals surface area (Å²) in [6, 6.07) is 8.87. The maximum atomic E-state index is 12.8. The molecule has 2 nitrogen and oxygen atoms in total. The smallest absolute Gasteiger partial charge is 0.419 e. The summed E-state index contributed by atoms with van der Waals surface area (Å²) in [4.78, 5) is 10.9. The van der Waals surface area contributed by atoms with Crippen LogP contribution < -0.4 is 4.74 Å². The summed E-state index contributed by atoms with van der Waals surface area (Å²) in [7, 11) is 0. The summed E-state index contributed by atoms with van der Waals surface area (Å²) in [5.41, 5.74) is -0.832. The summed E-state index contributed by atoms with van der Waals surface area (Å²) in [5, 5.41) is 0.295. The molecule has 0 fully saturated rings. The van der Waals surface area contributed by atoms with Crippen molar-refractivity contribution in [1.82, 2.24) is 0 Å². The summed E-state index contributed by atoms with van der Waals surface area (Å²) in [6.07, 6.45) is -4.07. The van der Waals surface area contributed by atoms with Crippen molar-refractivity contribution >= 4 is 17.9 Å². The largest absolute Gasteiger partial charge is 0.456 e. The van der Waals surface area contributed by atoms with Crippen molar-refractivity contribution < 1.29 is 22.7 Å². The number of carbonyl (C=O) groups is 1. The Morgan fingerprint density at radius 2 is 1.75 bits per heavy atom. The van der Waals surface area contributed by atoms with Gasteiger partial charge in [-0.15, -0.1) is 0 Å². The van der Waals surface area contributed by atoms with Crippen molar-refractivity contribution in [2.75, 3.05) is 0 Å². The molecule has 0 bridgehead atoms. The average Bonchev–Trinajstić information content (AvgIpc) is 2.40. The third kappa shape index (κ3) is 3.11. The maximum Gasteiger partial charge on any atom is 0.419 e. The van der Waals surface area contributed by atoms with Crippen molar-refractivity contribution in [2.24, 2.45) is 0 Å². The number of ether oxygens (including phenoxy) is 1. The Morgan fingerprint density at radius 3 is 2.40 bits per heavy atom. The number of hydrogen-bond donors (Lipinski definition) is 0. The van der Waals surface area contributed by atoms with Gasteiger partial charge in [0.25, 0.3) is 0 Å². The number of carbonyl (C=O) groups excluding carboxylic acids is 1. The van der Waals surface area contributed by atoms with Crippen molar-refractivity contribution in [2.45, 2.75) is 6.18 Å². The number of aldehydes is 1. The predicted octanol–water partition coefficient (Wildman–Crippen LogP) is 4.96. The van der Waals surface area contributed by atoms with E-state index in [-0.39, 0.29) is 17.1 Å². The second kappa shape index (κ2) is 5.54. The zero-order valence-electron chi connectivity index (χ0n) is 9.95. The number of alkyl halides is 3. The van der Waals surface area contributed by atoms with Gasteiger partial charge in [-0.25, -0.2) is 0 Å². The molecule has 0 aliphatic rings. The molecular weight excluding hydrogens is 293 g/mol. The summed E-state index contributed by atoms with van der Waals surface area (Å²) in [6.45, 7) is 0. The van der Waals surface area contributed by atoms with E-state index in [0.29, 0.717) is 11.3 Å². The van der Waals surface area contributed by atoms with Gasteiger partial charge in [0.2, 0.25) is 0 Å². The monoisotopic (exact) mass is 300 g/mol. The van der Waals surface area contributed by atoms with Crippen LogP contribution in [0.2, 0.25) is 5.02 Å². The van der Waals surface area contributed by atoms with Gasteiger partial charge in [0.05, 0.1) is 11.1 Å². The first-order chi connectivity index (χ1) is 9.41. The summed E-state index contributed by atoms with van der Waals surface area (Å²) < 4.78 is 43.7. The molecule has 104 valence electrons. The molecule has 0 spiro atoms. The molecule has 0 amide bonds. The molecule has 0 saturated carbocycles. The van der Waals surface area contributed by atoms with E-state index >= 15 is 0 Å². The Labute approximate surface area is 117 Å². The number of benzene rings is 2. The molecule has 6 heteroatoms. The second-order valence-corrected chi connectivity index (χ2v) is 4.33. The van der Waals surface area contributed by atoms with Gasteiger partial charge < -0.3 is 4.74 Å². The van der Waals surface area contributed by atoms with Crippen LogP contribution in [0.5, 0.6) is 11.5 Å². The van der Waals surface area contributed by atoms with Crippen LogP contribution in [-0.4, -0.2) is 6.29 Å². The number of rotatable bonds is 3. The molecule has 0 aliphatic heterocycles. The van der Waals surface area contributed by atoms with Gasteiger partial charge in [-0.3, -0.25) is 4.79 Å². The van der Waals surface area contributed by atoms with Crippen molar-refractivity contribution in [3.8, 4) is 11.5 Å². The SMILES string of the molecule is O=Cc1cc(Cl)ccc1Oc1ccccc1C(F)(F)F. The lowest BCUT2D eigenvalue weighted by molar-refractivity contribution is -0.138. The van der Waals surface area contributed by atoms with Crippen LogP contribution >= 0.6 is 11.6 Å². The Balaban J connectivity index is 2.43. The van der Waals surface area contributed by atoms with Crippen LogP contribution in [0.25, 0.3) is 0 Å². The first-order valence-electron chi connectivity index (χ1n) is 5.50. The minimum atomic E-state index is -4.54. The topological polar surface area (TPSA) is 26.3 Å². The second-order valence-electron chi connectivity index (χ2n) is 3.90. The molecule has 0 aromatic heterocycles. The molecule has 0 unspecified atom stereocenters. The van der Waals surface area contributed by atoms with Crippen LogP contribution in [0.15, 0.2) is 42.5 Å². The Morgan fingerprint density at radius 1 is 1.05 bits per heavy atom. The number of para-hydroxylation sites is 1. The van der Waals surface area contributed by atoms with Gasteiger partial charge in [-0.1, -0.05) is 23.7 Å². The minimum absolute atomic E-state index is 0.0149. The Bertz CT molecular complexity index is 639. The highest BCUT2D eigenvalue weighted by atomic mass is 35.5. The maximum absolute atomic E-state index is 12.8. The summed E-state index contributed by atoms with van der Waals surface area (Å²) in [5.74, 6) is -0.355. The molecule has 0 saturated heterocycles. The lowest BCUT2D eigenvalue weighted by atomic mass is 10.2. The van der Waals surface area contributed by atoms with Gasteiger partial charge in [-0.05, 0) is 30.3 Å².